The van der Waals surface area contributed by atoms with E-state index < -0.39 is 79.4 Å². The van der Waals surface area contributed by atoms with Crippen molar-refractivity contribution in [3.63, 3.8) is 0 Å². The molecule has 13 heteroatoms. The Balaban J connectivity index is 1.30. The van der Waals surface area contributed by atoms with E-state index in [-0.39, 0.29) is 36.1 Å². The zero-order chi connectivity index (χ0) is 32.7. The molecule has 4 N–H and O–H groups in total. The number of Topliss-reactive ketones (excluding diaryl/α,β-unsaturated/α-hetero) is 3. The van der Waals surface area contributed by atoms with E-state index in [1.807, 2.05) is 0 Å². The lowest BCUT2D eigenvalue weighted by Gasteiger charge is -2.22. The maximum absolute atomic E-state index is 14.1. The number of benzene rings is 3. The lowest BCUT2D eigenvalue weighted by molar-refractivity contribution is 0.0790. The molecule has 3 aliphatic carbocycles. The van der Waals surface area contributed by atoms with Crippen LogP contribution in [0.5, 0.6) is 17.2 Å². The number of aromatic nitrogens is 1. The first kappa shape index (κ1) is 29.0. The van der Waals surface area contributed by atoms with E-state index >= 15 is 0 Å². The Morgan fingerprint density at radius 2 is 1.61 bits per heavy atom. The van der Waals surface area contributed by atoms with Crippen molar-refractivity contribution in [1.29, 1.82) is 0 Å². The molecular formula is C33H21ClN2O10. The van der Waals surface area contributed by atoms with Gasteiger partial charge in [-0.1, -0.05) is 35.0 Å². The van der Waals surface area contributed by atoms with Crippen molar-refractivity contribution in [3.8, 4) is 17.2 Å². The summed E-state index contributed by atoms with van der Waals surface area (Å²) < 4.78 is 4.92. The second kappa shape index (κ2) is 10.1. The molecule has 1 heterocycles. The number of carbonyl (C=O) groups excluding carboxylic acids is 4. The highest BCUT2D eigenvalue weighted by Crippen LogP contribution is 2.57. The van der Waals surface area contributed by atoms with Gasteiger partial charge in [0.25, 0.3) is 5.56 Å². The molecule has 0 radical (unpaired) electrons. The second-order valence-electron chi connectivity index (χ2n) is 11.1. The van der Waals surface area contributed by atoms with Crippen LogP contribution in [0.4, 0.5) is 0 Å². The molecule has 0 fully saturated rings. The molecular weight excluding hydrogens is 620 g/mol. The predicted octanol–water partition coefficient (Wildman–Crippen LogP) is 4.02. The van der Waals surface area contributed by atoms with Crippen LogP contribution in [0.1, 0.15) is 70.2 Å². The van der Waals surface area contributed by atoms with Crippen LogP contribution in [0.2, 0.25) is 5.02 Å². The largest absolute Gasteiger partial charge is 0.507 e. The molecule has 0 amide bonds. The monoisotopic (exact) mass is 640 g/mol. The summed E-state index contributed by atoms with van der Waals surface area (Å²) in [5, 5.41) is 38.3. The number of rotatable bonds is 5. The summed E-state index contributed by atoms with van der Waals surface area (Å²) in [6.45, 7) is 0.146. The van der Waals surface area contributed by atoms with Crippen LogP contribution in [-0.4, -0.2) is 56.8 Å². The number of ketones is 4. The number of aryl methyl sites for hydroxylation is 1. The number of halogens is 1. The number of carbonyl (C=O) groups is 4. The van der Waals surface area contributed by atoms with Crippen molar-refractivity contribution in [2.24, 2.45) is 5.16 Å². The van der Waals surface area contributed by atoms with Gasteiger partial charge < -0.3 is 29.9 Å². The summed E-state index contributed by atoms with van der Waals surface area (Å²) in [4.78, 5) is 75.1. The fourth-order valence-corrected chi connectivity index (χ4v) is 6.74. The minimum Gasteiger partial charge on any atom is -0.507 e. The van der Waals surface area contributed by atoms with Crippen molar-refractivity contribution >= 4 is 51.7 Å². The van der Waals surface area contributed by atoms with E-state index in [9.17, 15) is 39.3 Å². The maximum Gasteiger partial charge on any atom is 0.260 e. The zero-order valence-corrected chi connectivity index (χ0v) is 24.5. The van der Waals surface area contributed by atoms with Crippen molar-refractivity contribution in [3.05, 3.63) is 108 Å². The highest BCUT2D eigenvalue weighted by molar-refractivity contribution is 6.39. The number of phenolic OH excluding ortho intramolecular Hbond substituents is 3. The van der Waals surface area contributed by atoms with Gasteiger partial charge in [-0.3, -0.25) is 24.0 Å². The molecule has 4 aromatic rings. The average molecular weight is 641 g/mol. The van der Waals surface area contributed by atoms with Crippen LogP contribution in [0.25, 0.3) is 10.8 Å². The standard InChI is InChI=1S/C33H21ClN2O10/c1-45-19-10-18(37)21-22(26(19)38)28(40)24-23(27(21)39)30(42)33(31(24)43)7-6-14-8-15-9-17(36-32(44)20(15)29(41)25(14)33)11-35-46-12-13-2-4-16(34)5-3-13/h2-5,8-11,39-41H,6-7,12H2,1H3,(H,36,44)/t33-/m0/s1. The van der Waals surface area contributed by atoms with Crippen LogP contribution in [0.15, 0.2) is 58.2 Å². The van der Waals surface area contributed by atoms with Crippen LogP contribution in [0.3, 0.4) is 0 Å². The minimum absolute atomic E-state index is 0.110. The Kier molecular flexibility index (Phi) is 6.39. The van der Waals surface area contributed by atoms with E-state index in [4.69, 9.17) is 21.2 Å². The number of H-pyrrole nitrogens is 1. The first-order valence-corrected chi connectivity index (χ1v) is 14.3. The van der Waals surface area contributed by atoms with E-state index in [2.05, 4.69) is 10.1 Å². The number of aromatic hydroxyl groups is 3. The molecule has 1 spiro atoms. The van der Waals surface area contributed by atoms with Gasteiger partial charge in [0.2, 0.25) is 5.78 Å². The Morgan fingerprint density at radius 3 is 2.28 bits per heavy atom. The van der Waals surface area contributed by atoms with E-state index in [0.29, 0.717) is 16.0 Å². The van der Waals surface area contributed by atoms with Gasteiger partial charge in [-0.25, -0.2) is 0 Å². The third-order valence-electron chi connectivity index (χ3n) is 8.67. The summed E-state index contributed by atoms with van der Waals surface area (Å²) in [6, 6.07) is 10.1. The number of phenols is 3. The van der Waals surface area contributed by atoms with Gasteiger partial charge in [0, 0.05) is 16.7 Å². The molecule has 0 bridgehead atoms. The average Bonchev–Trinajstić information content (AvgIpc) is 3.52. The number of methoxy groups -OCH3 is 1. The number of aromatic amines is 1. The van der Waals surface area contributed by atoms with E-state index in [1.54, 1.807) is 30.3 Å². The molecule has 1 atom stereocenters. The fraction of sp³-hybridized carbons (Fsp3) is 0.152. The summed E-state index contributed by atoms with van der Waals surface area (Å²) in [5.41, 5.74) is -4.15. The molecule has 0 saturated heterocycles. The molecule has 1 aromatic heterocycles. The number of ether oxygens (including phenoxy) is 1. The normalized spacial score (nSPS) is 18.3. The predicted molar refractivity (Wildman–Crippen MR) is 162 cm³/mol. The Bertz CT molecular complexity index is 2230. The van der Waals surface area contributed by atoms with Crippen LogP contribution >= 0.6 is 11.6 Å². The van der Waals surface area contributed by atoms with Crippen molar-refractivity contribution in [2.75, 3.05) is 7.11 Å². The van der Waals surface area contributed by atoms with Crippen molar-refractivity contribution in [2.45, 2.75) is 24.9 Å². The Hall–Kier alpha value is -5.75. The third-order valence-corrected chi connectivity index (χ3v) is 8.92. The van der Waals surface area contributed by atoms with Gasteiger partial charge in [-0.15, -0.1) is 0 Å². The van der Waals surface area contributed by atoms with Crippen LogP contribution < -0.4 is 5.56 Å². The number of allylic oxidation sites excluding steroid dienone is 2. The van der Waals surface area contributed by atoms with Crippen LogP contribution in [-0.2, 0) is 28.0 Å². The highest BCUT2D eigenvalue weighted by Gasteiger charge is 2.61. The summed E-state index contributed by atoms with van der Waals surface area (Å²) >= 11 is 5.88. The number of hydrogen-bond acceptors (Lipinski definition) is 11. The van der Waals surface area contributed by atoms with Gasteiger partial charge in [-0.2, -0.15) is 0 Å². The highest BCUT2D eigenvalue weighted by atomic mass is 35.5. The molecule has 0 unspecified atom stereocenters. The number of pyridine rings is 1. The molecule has 7 rings (SSSR count). The number of oxime groups is 1. The second-order valence-corrected chi connectivity index (χ2v) is 11.5. The molecule has 3 aliphatic rings. The SMILES string of the molecule is COC1=CC(=O)c2c(O)c3c(c(O)c2C1=O)C(=O)[C@]1(CCc2cc4cc(C=NOCc5ccc(Cl)cc5)[nH]c(=O)c4c(O)c21)C3=O. The van der Waals surface area contributed by atoms with Gasteiger partial charge in [-0.05, 0) is 47.6 Å². The third kappa shape index (κ3) is 3.86. The molecule has 46 heavy (non-hydrogen) atoms. The summed E-state index contributed by atoms with van der Waals surface area (Å²) in [5.74, 6) is -6.77. The first-order chi connectivity index (χ1) is 22.0. The van der Waals surface area contributed by atoms with Gasteiger partial charge in [0.1, 0.15) is 29.3 Å². The Labute approximate surface area is 263 Å². The zero-order valence-electron chi connectivity index (χ0n) is 23.8. The first-order valence-electron chi connectivity index (χ1n) is 13.9. The minimum atomic E-state index is -2.12. The molecule has 3 aromatic carbocycles. The number of nitrogens with zero attached hydrogens (tertiary/aromatic N) is 1. The molecule has 0 saturated carbocycles. The number of fused-ring (bicyclic) bond motifs is 5. The van der Waals surface area contributed by atoms with Crippen LogP contribution in [0, 0.1) is 0 Å². The van der Waals surface area contributed by atoms with Gasteiger partial charge in [0.15, 0.2) is 23.1 Å². The van der Waals surface area contributed by atoms with Gasteiger partial charge in [0.05, 0.1) is 46.7 Å². The van der Waals surface area contributed by atoms with E-state index in [1.165, 1.54) is 12.3 Å². The smallest absolute Gasteiger partial charge is 0.260 e. The van der Waals surface area contributed by atoms with Crippen molar-refractivity contribution < 1.29 is 44.1 Å². The quantitative estimate of drug-likeness (QED) is 0.107. The molecule has 12 nitrogen and oxygen atoms in total. The lowest BCUT2D eigenvalue weighted by Crippen LogP contribution is -2.36. The molecule has 230 valence electrons. The lowest BCUT2D eigenvalue weighted by atomic mass is 9.76. The van der Waals surface area contributed by atoms with Crippen molar-refractivity contribution in [1.82, 2.24) is 4.98 Å². The topological polar surface area (TPSA) is 193 Å². The van der Waals surface area contributed by atoms with E-state index in [0.717, 1.165) is 18.7 Å². The summed E-state index contributed by atoms with van der Waals surface area (Å²) in [6.07, 6.45) is 2.03. The maximum atomic E-state index is 14.1. The Morgan fingerprint density at radius 1 is 0.935 bits per heavy atom. The number of hydrogen-bond donors (Lipinski definition) is 4. The summed E-state index contributed by atoms with van der Waals surface area (Å²) in [7, 11) is 1.13. The number of nitrogens with one attached hydrogen (secondary N) is 1. The fourth-order valence-electron chi connectivity index (χ4n) is 6.61. The molecule has 0 aliphatic heterocycles. The van der Waals surface area contributed by atoms with Gasteiger partial charge >= 0.3 is 0 Å².